The maximum atomic E-state index is 5.82. The first kappa shape index (κ1) is 20.5. The molecule has 0 amide bonds. The molecule has 1 aromatic rings. The Morgan fingerprint density at radius 3 is 2.67 bits per heavy atom. The van der Waals surface area contributed by atoms with Gasteiger partial charge in [0.2, 0.25) is 0 Å². The molecule has 4 N–H and O–H groups in total. The second kappa shape index (κ2) is 10.4. The average molecular weight is 360 g/mol. The third-order valence-corrected chi connectivity index (χ3v) is 4.49. The highest BCUT2D eigenvalue weighted by Crippen LogP contribution is 2.29. The van der Waals surface area contributed by atoms with Gasteiger partial charge in [0, 0.05) is 17.5 Å². The van der Waals surface area contributed by atoms with Gasteiger partial charge in [0.1, 0.15) is 0 Å². The molecule has 3 heteroatoms. The Morgan fingerprint density at radius 1 is 1.26 bits per heavy atom. The van der Waals surface area contributed by atoms with Gasteiger partial charge in [-0.2, -0.15) is 0 Å². The van der Waals surface area contributed by atoms with Crippen LogP contribution in [0, 0.1) is 11.8 Å². The number of nitrogen functional groups attached to an aromatic ring is 1. The summed E-state index contributed by atoms with van der Waals surface area (Å²) in [6.45, 7) is 9.05. The van der Waals surface area contributed by atoms with E-state index >= 15 is 0 Å². The van der Waals surface area contributed by atoms with Crippen LogP contribution in [-0.2, 0) is 0 Å². The Kier molecular flexibility index (Phi) is 7.85. The lowest BCUT2D eigenvalue weighted by Crippen LogP contribution is -2.06. The van der Waals surface area contributed by atoms with Gasteiger partial charge in [-0.05, 0) is 85.7 Å². The smallest absolute Gasteiger partial charge is 0.0686 e. The van der Waals surface area contributed by atoms with Crippen molar-refractivity contribution in [1.29, 1.82) is 0 Å². The number of nitrogens with two attached hydrogens (primary N) is 2. The van der Waals surface area contributed by atoms with Gasteiger partial charge in [-0.25, -0.2) is 0 Å². The Hall–Kier alpha value is -2.83. The van der Waals surface area contributed by atoms with E-state index in [1.54, 1.807) is 0 Å². The van der Waals surface area contributed by atoms with Crippen molar-refractivity contribution in [2.75, 3.05) is 12.3 Å². The lowest BCUT2D eigenvalue weighted by Gasteiger charge is -2.18. The molecule has 140 valence electrons. The van der Waals surface area contributed by atoms with Crippen LogP contribution in [0.15, 0.2) is 76.0 Å². The molecule has 1 aliphatic rings. The molecule has 27 heavy (non-hydrogen) atoms. The first-order valence-electron chi connectivity index (χ1n) is 9.44. The number of anilines is 1. The summed E-state index contributed by atoms with van der Waals surface area (Å²) < 4.78 is 0. The predicted molar refractivity (Wildman–Crippen MR) is 117 cm³/mol. The van der Waals surface area contributed by atoms with Gasteiger partial charge in [0.25, 0.3) is 0 Å². The zero-order chi connectivity index (χ0) is 19.6. The molecule has 1 heterocycles. The molecule has 1 aromatic carbocycles. The minimum Gasteiger partial charge on any atom is -0.399 e. The van der Waals surface area contributed by atoms with Crippen LogP contribution < -0.4 is 11.5 Å². The number of hydrogen-bond donors (Lipinski definition) is 2. The van der Waals surface area contributed by atoms with E-state index in [1.165, 1.54) is 5.57 Å². The molecule has 0 atom stereocenters. The topological polar surface area (TPSA) is 64.4 Å². The molecule has 0 radical (unpaired) electrons. The number of hydrogen-bond acceptors (Lipinski definition) is 3. The van der Waals surface area contributed by atoms with E-state index < -0.39 is 0 Å². The Balaban J connectivity index is 2.22. The highest BCUT2D eigenvalue weighted by Gasteiger charge is 2.14. The minimum atomic E-state index is 0.577. The first-order chi connectivity index (χ1) is 13.0. The SMILES string of the molecule is C=C(C1=C(CC)CCC=N1)/C(=C\C=C(/C)C#Cc1ccc(N)cc1)CCN. The van der Waals surface area contributed by atoms with Crippen molar-refractivity contribution in [3.05, 3.63) is 76.5 Å². The van der Waals surface area contributed by atoms with Gasteiger partial charge >= 0.3 is 0 Å². The third-order valence-electron chi connectivity index (χ3n) is 4.49. The van der Waals surface area contributed by atoms with Gasteiger partial charge < -0.3 is 11.5 Å². The maximum absolute atomic E-state index is 5.82. The quantitative estimate of drug-likeness (QED) is 0.430. The monoisotopic (exact) mass is 359 g/mol. The molecule has 0 aliphatic carbocycles. The van der Waals surface area contributed by atoms with Crippen LogP contribution in [0.2, 0.25) is 0 Å². The van der Waals surface area contributed by atoms with Crippen molar-refractivity contribution in [2.45, 2.75) is 39.5 Å². The predicted octanol–water partition coefficient (Wildman–Crippen LogP) is 4.93. The second-order valence-corrected chi connectivity index (χ2v) is 6.59. The molecule has 0 bridgehead atoms. The van der Waals surface area contributed by atoms with Crippen LogP contribution >= 0.6 is 0 Å². The van der Waals surface area contributed by atoms with Crippen molar-refractivity contribution in [3.8, 4) is 11.8 Å². The average Bonchev–Trinajstić information content (AvgIpc) is 2.70. The third kappa shape index (κ3) is 6.13. The molecule has 0 saturated heterocycles. The second-order valence-electron chi connectivity index (χ2n) is 6.59. The van der Waals surface area contributed by atoms with E-state index in [-0.39, 0.29) is 0 Å². The fourth-order valence-corrected chi connectivity index (χ4v) is 2.89. The fraction of sp³-hybridized carbons (Fsp3) is 0.292. The van der Waals surface area contributed by atoms with E-state index in [0.717, 1.165) is 59.4 Å². The van der Waals surface area contributed by atoms with E-state index in [4.69, 9.17) is 11.5 Å². The number of allylic oxidation sites excluding steroid dienone is 5. The zero-order valence-corrected chi connectivity index (χ0v) is 16.4. The van der Waals surface area contributed by atoms with Gasteiger partial charge in [0.15, 0.2) is 0 Å². The minimum absolute atomic E-state index is 0.577. The van der Waals surface area contributed by atoms with Crippen molar-refractivity contribution in [2.24, 2.45) is 10.7 Å². The summed E-state index contributed by atoms with van der Waals surface area (Å²) in [5, 5.41) is 0. The van der Waals surface area contributed by atoms with Gasteiger partial charge in [0.05, 0.1) is 5.70 Å². The Labute approximate surface area is 163 Å². The molecule has 0 saturated carbocycles. The number of rotatable bonds is 6. The van der Waals surface area contributed by atoms with Crippen LogP contribution in [0.3, 0.4) is 0 Å². The lowest BCUT2D eigenvalue weighted by molar-refractivity contribution is 0.880. The Morgan fingerprint density at radius 2 is 2.00 bits per heavy atom. The molecule has 1 aliphatic heterocycles. The first-order valence-corrected chi connectivity index (χ1v) is 9.44. The summed E-state index contributed by atoms with van der Waals surface area (Å²) in [7, 11) is 0. The van der Waals surface area contributed by atoms with E-state index in [0.29, 0.717) is 6.54 Å². The van der Waals surface area contributed by atoms with Crippen LogP contribution in [0.1, 0.15) is 45.1 Å². The van der Waals surface area contributed by atoms with Crippen molar-refractivity contribution < 1.29 is 0 Å². The summed E-state index contributed by atoms with van der Waals surface area (Å²) in [6, 6.07) is 7.56. The molecule has 2 rings (SSSR count). The summed E-state index contributed by atoms with van der Waals surface area (Å²) in [5.41, 5.74) is 18.7. The Bertz CT molecular complexity index is 853. The largest absolute Gasteiger partial charge is 0.399 e. The van der Waals surface area contributed by atoms with Crippen LogP contribution in [-0.4, -0.2) is 12.8 Å². The van der Waals surface area contributed by atoms with E-state index in [1.807, 2.05) is 43.5 Å². The molecule has 0 fully saturated rings. The highest BCUT2D eigenvalue weighted by atomic mass is 14.8. The van der Waals surface area contributed by atoms with Crippen molar-refractivity contribution >= 4 is 11.9 Å². The van der Waals surface area contributed by atoms with Crippen molar-refractivity contribution in [1.82, 2.24) is 0 Å². The lowest BCUT2D eigenvalue weighted by atomic mass is 9.93. The van der Waals surface area contributed by atoms with E-state index in [9.17, 15) is 0 Å². The maximum Gasteiger partial charge on any atom is 0.0686 e. The molecular weight excluding hydrogens is 330 g/mol. The molecule has 0 aromatic heterocycles. The summed E-state index contributed by atoms with van der Waals surface area (Å²) in [5.74, 6) is 6.33. The zero-order valence-electron chi connectivity index (χ0n) is 16.4. The van der Waals surface area contributed by atoms with Crippen molar-refractivity contribution in [3.63, 3.8) is 0 Å². The number of nitrogens with zero attached hydrogens (tertiary/aromatic N) is 1. The number of benzene rings is 1. The van der Waals surface area contributed by atoms with Gasteiger partial charge in [-0.15, -0.1) is 0 Å². The summed E-state index contributed by atoms with van der Waals surface area (Å²) in [4.78, 5) is 4.61. The standard InChI is InChI=1S/C24H29N3/c1-4-21-6-5-17-27-24(21)19(3)22(15-16-25)12-8-18(2)7-9-20-10-13-23(26)14-11-20/h8,10-14,17H,3-6,15-16,25-26H2,1-2H3/b18-8+,22-12-. The van der Waals surface area contributed by atoms with Gasteiger partial charge in [-0.3, -0.25) is 4.99 Å². The fourth-order valence-electron chi connectivity index (χ4n) is 2.89. The van der Waals surface area contributed by atoms with Crippen LogP contribution in [0.25, 0.3) is 0 Å². The highest BCUT2D eigenvalue weighted by molar-refractivity contribution is 5.65. The van der Waals surface area contributed by atoms with Gasteiger partial charge in [-0.1, -0.05) is 37.5 Å². The molecule has 0 spiro atoms. The molecule has 3 nitrogen and oxygen atoms in total. The van der Waals surface area contributed by atoms with Crippen LogP contribution in [0.4, 0.5) is 5.69 Å². The van der Waals surface area contributed by atoms with Crippen LogP contribution in [0.5, 0.6) is 0 Å². The normalized spacial score (nSPS) is 14.8. The summed E-state index contributed by atoms with van der Waals surface area (Å²) in [6.07, 6.45) is 9.93. The van der Waals surface area contributed by atoms with E-state index in [2.05, 4.69) is 36.4 Å². The molecule has 0 unspecified atom stereocenters. The molecular formula is C24H29N3. The number of aliphatic imine (C=N–C) groups is 1. The summed E-state index contributed by atoms with van der Waals surface area (Å²) >= 11 is 0.